The number of aliphatic carboxylic acids is 1. The van der Waals surface area contributed by atoms with Crippen LogP contribution in [0.2, 0.25) is 0 Å². The smallest absolute Gasteiger partial charge is 0.303 e. The largest absolute Gasteiger partial charge is 0.481 e. The molecule has 0 saturated carbocycles. The zero-order chi connectivity index (χ0) is 16.7. The first-order valence-electron chi connectivity index (χ1n) is 7.15. The van der Waals surface area contributed by atoms with Gasteiger partial charge in [0.05, 0.1) is 6.26 Å². The summed E-state index contributed by atoms with van der Waals surface area (Å²) in [5, 5.41) is 14.0. The second-order valence-electron chi connectivity index (χ2n) is 5.62. The van der Waals surface area contributed by atoms with Crippen LogP contribution in [0.15, 0.2) is 22.8 Å². The molecule has 0 fully saturated rings. The quantitative estimate of drug-likeness (QED) is 0.670. The molecule has 0 radical (unpaired) electrons. The third-order valence-electron chi connectivity index (χ3n) is 3.13. The minimum Gasteiger partial charge on any atom is -0.481 e. The number of hydrogen-bond acceptors (Lipinski definition) is 4. The molecule has 0 bridgehead atoms. The number of nitrogens with one attached hydrogen (secondary N) is 2. The van der Waals surface area contributed by atoms with Gasteiger partial charge in [-0.1, -0.05) is 20.8 Å². The van der Waals surface area contributed by atoms with Crippen molar-refractivity contribution in [1.29, 1.82) is 0 Å². The van der Waals surface area contributed by atoms with Gasteiger partial charge in [0.1, 0.15) is 6.04 Å². The van der Waals surface area contributed by atoms with Crippen LogP contribution in [-0.4, -0.2) is 35.5 Å². The van der Waals surface area contributed by atoms with E-state index < -0.39 is 17.9 Å². The molecule has 0 aliphatic rings. The van der Waals surface area contributed by atoms with E-state index in [-0.39, 0.29) is 36.5 Å². The molecule has 0 aliphatic carbocycles. The molecular formula is C15H22N2O5. The van der Waals surface area contributed by atoms with Crippen LogP contribution in [0, 0.1) is 11.8 Å². The molecular weight excluding hydrogens is 288 g/mol. The SMILES string of the molecule is CC(CNC(=O)C(NC(=O)c1ccco1)C(C)C)CC(=O)O. The molecule has 0 aromatic carbocycles. The summed E-state index contributed by atoms with van der Waals surface area (Å²) in [7, 11) is 0. The molecule has 22 heavy (non-hydrogen) atoms. The van der Waals surface area contributed by atoms with Gasteiger partial charge in [-0.15, -0.1) is 0 Å². The van der Waals surface area contributed by atoms with Crippen LogP contribution in [0.5, 0.6) is 0 Å². The maximum Gasteiger partial charge on any atom is 0.303 e. The standard InChI is InChI=1S/C15H22N2O5/c1-9(2)13(17-14(20)11-5-4-6-22-11)15(21)16-8-10(3)7-12(18)19/h4-6,9-10,13H,7-8H2,1-3H3,(H,16,21)(H,17,20)(H,18,19). The Kier molecular flexibility index (Phi) is 6.62. The van der Waals surface area contributed by atoms with Gasteiger partial charge in [-0.2, -0.15) is 0 Å². The first-order valence-corrected chi connectivity index (χ1v) is 7.15. The molecule has 122 valence electrons. The lowest BCUT2D eigenvalue weighted by Gasteiger charge is -2.22. The van der Waals surface area contributed by atoms with Crippen LogP contribution in [0.25, 0.3) is 0 Å². The average molecular weight is 310 g/mol. The molecule has 1 heterocycles. The van der Waals surface area contributed by atoms with Crippen molar-refractivity contribution >= 4 is 17.8 Å². The fraction of sp³-hybridized carbons (Fsp3) is 0.533. The van der Waals surface area contributed by atoms with Gasteiger partial charge >= 0.3 is 5.97 Å². The fourth-order valence-corrected chi connectivity index (χ4v) is 1.91. The minimum absolute atomic E-state index is 0.0224. The van der Waals surface area contributed by atoms with Crippen LogP contribution in [-0.2, 0) is 9.59 Å². The number of carboxylic acid groups (broad SMARTS) is 1. The maximum absolute atomic E-state index is 12.2. The van der Waals surface area contributed by atoms with Crippen LogP contribution in [0.3, 0.4) is 0 Å². The Balaban J connectivity index is 2.57. The zero-order valence-corrected chi connectivity index (χ0v) is 13.0. The van der Waals surface area contributed by atoms with E-state index in [4.69, 9.17) is 9.52 Å². The predicted octanol–water partition coefficient (Wildman–Crippen LogP) is 1.26. The third kappa shape index (κ3) is 5.59. The van der Waals surface area contributed by atoms with Crippen molar-refractivity contribution in [3.63, 3.8) is 0 Å². The molecule has 1 aromatic rings. The second-order valence-corrected chi connectivity index (χ2v) is 5.62. The van der Waals surface area contributed by atoms with Gasteiger partial charge in [-0.25, -0.2) is 0 Å². The molecule has 2 unspecified atom stereocenters. The Hall–Kier alpha value is -2.31. The first-order chi connectivity index (χ1) is 10.3. The van der Waals surface area contributed by atoms with Gasteiger partial charge in [0.15, 0.2) is 5.76 Å². The lowest BCUT2D eigenvalue weighted by atomic mass is 10.0. The second kappa shape index (κ2) is 8.21. The lowest BCUT2D eigenvalue weighted by molar-refractivity contribution is -0.138. The van der Waals surface area contributed by atoms with Gasteiger partial charge in [0, 0.05) is 13.0 Å². The van der Waals surface area contributed by atoms with Crippen molar-refractivity contribution in [2.75, 3.05) is 6.54 Å². The summed E-state index contributed by atoms with van der Waals surface area (Å²) in [5.74, 6) is -1.88. The van der Waals surface area contributed by atoms with Crippen molar-refractivity contribution in [3.05, 3.63) is 24.2 Å². The van der Waals surface area contributed by atoms with Crippen LogP contribution >= 0.6 is 0 Å². The van der Waals surface area contributed by atoms with Crippen LogP contribution in [0.1, 0.15) is 37.7 Å². The molecule has 0 aliphatic heterocycles. The number of hydrogen-bond donors (Lipinski definition) is 3. The maximum atomic E-state index is 12.2. The first kappa shape index (κ1) is 17.7. The van der Waals surface area contributed by atoms with Crippen molar-refractivity contribution < 1.29 is 23.9 Å². The average Bonchev–Trinajstić information content (AvgIpc) is 2.95. The van der Waals surface area contributed by atoms with E-state index in [1.165, 1.54) is 12.3 Å². The summed E-state index contributed by atoms with van der Waals surface area (Å²) in [6, 6.07) is 2.39. The number of furan rings is 1. The summed E-state index contributed by atoms with van der Waals surface area (Å²) in [4.78, 5) is 34.7. The van der Waals surface area contributed by atoms with Crippen molar-refractivity contribution in [3.8, 4) is 0 Å². The Labute approximate surface area is 129 Å². The summed E-state index contributed by atoms with van der Waals surface area (Å²) >= 11 is 0. The lowest BCUT2D eigenvalue weighted by Crippen LogP contribution is -2.50. The number of rotatable bonds is 8. The Morgan fingerprint density at radius 3 is 2.45 bits per heavy atom. The third-order valence-corrected chi connectivity index (χ3v) is 3.13. The van der Waals surface area contributed by atoms with Crippen molar-refractivity contribution in [1.82, 2.24) is 10.6 Å². The van der Waals surface area contributed by atoms with Gasteiger partial charge in [-0.3, -0.25) is 14.4 Å². The van der Waals surface area contributed by atoms with Gasteiger partial charge in [0.25, 0.3) is 5.91 Å². The van der Waals surface area contributed by atoms with Crippen molar-refractivity contribution in [2.24, 2.45) is 11.8 Å². The van der Waals surface area contributed by atoms with E-state index in [0.29, 0.717) is 0 Å². The highest BCUT2D eigenvalue weighted by Crippen LogP contribution is 2.07. The van der Waals surface area contributed by atoms with E-state index in [1.807, 2.05) is 13.8 Å². The Morgan fingerprint density at radius 2 is 1.95 bits per heavy atom. The monoisotopic (exact) mass is 310 g/mol. The number of amides is 2. The summed E-state index contributed by atoms with van der Waals surface area (Å²) in [5.41, 5.74) is 0. The van der Waals surface area contributed by atoms with E-state index in [9.17, 15) is 14.4 Å². The molecule has 7 heteroatoms. The summed E-state index contributed by atoms with van der Waals surface area (Å²) in [6.07, 6.45) is 1.36. The molecule has 0 spiro atoms. The molecule has 1 aromatic heterocycles. The topological polar surface area (TPSA) is 109 Å². The molecule has 2 amide bonds. The predicted molar refractivity (Wildman–Crippen MR) is 79.2 cm³/mol. The number of carbonyl (C=O) groups excluding carboxylic acids is 2. The van der Waals surface area contributed by atoms with E-state index >= 15 is 0 Å². The van der Waals surface area contributed by atoms with E-state index in [0.717, 1.165) is 0 Å². The molecule has 7 nitrogen and oxygen atoms in total. The minimum atomic E-state index is -0.909. The Morgan fingerprint density at radius 1 is 1.27 bits per heavy atom. The summed E-state index contributed by atoms with van der Waals surface area (Å²) in [6.45, 7) is 5.60. The molecule has 2 atom stereocenters. The number of carbonyl (C=O) groups is 3. The Bertz CT molecular complexity index is 510. The molecule has 0 saturated heterocycles. The van der Waals surface area contributed by atoms with Gasteiger partial charge < -0.3 is 20.2 Å². The summed E-state index contributed by atoms with van der Waals surface area (Å²) < 4.78 is 4.99. The number of carboxylic acids is 1. The molecule has 3 N–H and O–H groups in total. The zero-order valence-electron chi connectivity index (χ0n) is 13.0. The fourth-order valence-electron chi connectivity index (χ4n) is 1.91. The van der Waals surface area contributed by atoms with Gasteiger partial charge in [0.2, 0.25) is 5.91 Å². The van der Waals surface area contributed by atoms with Crippen molar-refractivity contribution in [2.45, 2.75) is 33.2 Å². The normalized spacial score (nSPS) is 13.5. The highest BCUT2D eigenvalue weighted by atomic mass is 16.4. The van der Waals surface area contributed by atoms with E-state index in [1.54, 1.807) is 13.0 Å². The highest BCUT2D eigenvalue weighted by Gasteiger charge is 2.25. The van der Waals surface area contributed by atoms with Crippen LogP contribution < -0.4 is 10.6 Å². The highest BCUT2D eigenvalue weighted by molar-refractivity contribution is 5.95. The van der Waals surface area contributed by atoms with E-state index in [2.05, 4.69) is 10.6 Å². The van der Waals surface area contributed by atoms with Gasteiger partial charge in [-0.05, 0) is 24.0 Å². The van der Waals surface area contributed by atoms with Crippen LogP contribution in [0.4, 0.5) is 0 Å². The molecule has 1 rings (SSSR count).